The highest BCUT2D eigenvalue weighted by Crippen LogP contribution is 2.30. The summed E-state index contributed by atoms with van der Waals surface area (Å²) < 4.78 is 0. The lowest BCUT2D eigenvalue weighted by Gasteiger charge is -2.23. The van der Waals surface area contributed by atoms with Crippen molar-refractivity contribution in [2.24, 2.45) is 5.92 Å². The summed E-state index contributed by atoms with van der Waals surface area (Å²) in [4.78, 5) is 11.2. The van der Waals surface area contributed by atoms with Gasteiger partial charge < -0.3 is 5.11 Å². The van der Waals surface area contributed by atoms with Crippen LogP contribution in [-0.2, 0) is 5.41 Å². The lowest BCUT2D eigenvalue weighted by atomic mass is 9.81. The fourth-order valence-corrected chi connectivity index (χ4v) is 1.86. The normalized spacial score (nSPS) is 13.7. The zero-order valence-electron chi connectivity index (χ0n) is 12.2. The Morgan fingerprint density at radius 3 is 2.06 bits per heavy atom. The van der Waals surface area contributed by atoms with Gasteiger partial charge in [-0.2, -0.15) is 0 Å². The molecule has 1 N–H and O–H groups in total. The van der Waals surface area contributed by atoms with Crippen molar-refractivity contribution in [3.05, 3.63) is 34.9 Å². The Hall–Kier alpha value is -1.31. The van der Waals surface area contributed by atoms with E-state index >= 15 is 0 Å². The second-order valence-corrected chi connectivity index (χ2v) is 6.43. The van der Waals surface area contributed by atoms with Crippen LogP contribution < -0.4 is 0 Å². The molecular weight excluding hydrogens is 224 g/mol. The molecule has 1 rings (SSSR count). The third kappa shape index (κ3) is 3.34. The van der Waals surface area contributed by atoms with Crippen LogP contribution in [0, 0.1) is 5.92 Å². The number of carbonyl (C=O) groups is 1. The Morgan fingerprint density at radius 1 is 1.11 bits per heavy atom. The van der Waals surface area contributed by atoms with Gasteiger partial charge in [0.2, 0.25) is 0 Å². The summed E-state index contributed by atoms with van der Waals surface area (Å²) in [5.74, 6) is 0.0190. The Kier molecular flexibility index (Phi) is 4.20. The molecule has 1 aromatic carbocycles. The van der Waals surface area contributed by atoms with Gasteiger partial charge in [-0.1, -0.05) is 47.6 Å². The van der Waals surface area contributed by atoms with E-state index in [1.807, 2.05) is 6.07 Å². The molecule has 1 unspecified atom stereocenters. The molecule has 0 saturated carbocycles. The second-order valence-electron chi connectivity index (χ2n) is 6.43. The Labute approximate surface area is 110 Å². The molecule has 2 heteroatoms. The number of benzene rings is 1. The quantitative estimate of drug-likeness (QED) is 0.858. The molecule has 0 aliphatic heterocycles. The van der Waals surface area contributed by atoms with E-state index in [0.29, 0.717) is 17.4 Å². The minimum atomic E-state index is -0.849. The highest BCUT2D eigenvalue weighted by atomic mass is 16.4. The summed E-state index contributed by atoms with van der Waals surface area (Å²) in [7, 11) is 0. The summed E-state index contributed by atoms with van der Waals surface area (Å²) in [5.41, 5.74) is 2.57. The molecule has 1 atom stereocenters. The maximum Gasteiger partial charge on any atom is 0.335 e. The molecule has 100 valence electrons. The lowest BCUT2D eigenvalue weighted by Crippen LogP contribution is -2.14. The van der Waals surface area contributed by atoms with Gasteiger partial charge in [-0.3, -0.25) is 0 Å². The maximum absolute atomic E-state index is 11.2. The molecule has 0 aromatic heterocycles. The number of hydrogen-bond acceptors (Lipinski definition) is 1. The smallest absolute Gasteiger partial charge is 0.335 e. The molecule has 0 spiro atoms. The average molecular weight is 248 g/mol. The molecule has 0 bridgehead atoms. The predicted octanol–water partition coefficient (Wildman–Crippen LogP) is 4.44. The van der Waals surface area contributed by atoms with Gasteiger partial charge in [0.25, 0.3) is 0 Å². The van der Waals surface area contributed by atoms with Gasteiger partial charge in [0, 0.05) is 0 Å². The van der Waals surface area contributed by atoms with Crippen LogP contribution in [0.25, 0.3) is 0 Å². The molecule has 0 saturated heterocycles. The van der Waals surface area contributed by atoms with Gasteiger partial charge in [-0.15, -0.1) is 0 Å². The van der Waals surface area contributed by atoms with Crippen molar-refractivity contribution in [1.82, 2.24) is 0 Å². The number of hydrogen-bond donors (Lipinski definition) is 1. The summed E-state index contributed by atoms with van der Waals surface area (Å²) in [6.07, 6.45) is 0. The van der Waals surface area contributed by atoms with Crippen molar-refractivity contribution >= 4 is 5.97 Å². The van der Waals surface area contributed by atoms with Crippen LogP contribution in [0.5, 0.6) is 0 Å². The standard InChI is InChI=1S/C16H24O2/c1-10(2)11(3)12-7-13(15(17)18)9-14(8-12)16(4,5)6/h7-11H,1-6H3,(H,17,18). The highest BCUT2D eigenvalue weighted by Gasteiger charge is 2.20. The number of carboxylic acid groups (broad SMARTS) is 1. The first-order chi connectivity index (χ1) is 8.12. The van der Waals surface area contributed by atoms with Crippen molar-refractivity contribution < 1.29 is 9.90 Å². The Morgan fingerprint density at radius 2 is 1.67 bits per heavy atom. The van der Waals surface area contributed by atoms with Gasteiger partial charge in [0.1, 0.15) is 0 Å². The third-order valence-electron chi connectivity index (χ3n) is 3.59. The maximum atomic E-state index is 11.2. The van der Waals surface area contributed by atoms with Crippen molar-refractivity contribution in [3.63, 3.8) is 0 Å². The first kappa shape index (κ1) is 14.7. The third-order valence-corrected chi connectivity index (χ3v) is 3.59. The molecule has 0 aliphatic rings. The molecule has 0 aliphatic carbocycles. The molecule has 0 fully saturated rings. The number of rotatable bonds is 3. The molecule has 0 amide bonds. The van der Waals surface area contributed by atoms with E-state index < -0.39 is 5.97 Å². The molecule has 18 heavy (non-hydrogen) atoms. The van der Waals surface area contributed by atoms with Crippen LogP contribution in [0.2, 0.25) is 0 Å². The van der Waals surface area contributed by atoms with Crippen molar-refractivity contribution in [3.8, 4) is 0 Å². The fourth-order valence-electron chi connectivity index (χ4n) is 1.86. The molecule has 0 heterocycles. The largest absolute Gasteiger partial charge is 0.478 e. The monoisotopic (exact) mass is 248 g/mol. The van der Waals surface area contributed by atoms with E-state index in [1.54, 1.807) is 6.07 Å². The van der Waals surface area contributed by atoms with Gasteiger partial charge in [-0.25, -0.2) is 4.79 Å². The minimum Gasteiger partial charge on any atom is -0.478 e. The summed E-state index contributed by atoms with van der Waals surface area (Å²) in [6, 6.07) is 5.75. The van der Waals surface area contributed by atoms with Crippen LogP contribution in [0.3, 0.4) is 0 Å². The van der Waals surface area contributed by atoms with E-state index in [0.717, 1.165) is 11.1 Å². The van der Waals surface area contributed by atoms with Crippen molar-refractivity contribution in [1.29, 1.82) is 0 Å². The summed E-state index contributed by atoms with van der Waals surface area (Å²) >= 11 is 0. The average Bonchev–Trinajstić information content (AvgIpc) is 2.26. The van der Waals surface area contributed by atoms with Crippen LogP contribution >= 0.6 is 0 Å². The fraction of sp³-hybridized carbons (Fsp3) is 0.562. The van der Waals surface area contributed by atoms with Crippen LogP contribution in [-0.4, -0.2) is 11.1 Å². The van der Waals surface area contributed by atoms with E-state index in [2.05, 4.69) is 47.6 Å². The van der Waals surface area contributed by atoms with Gasteiger partial charge in [-0.05, 0) is 40.5 Å². The SMILES string of the molecule is CC(C)C(C)c1cc(C(=O)O)cc(C(C)(C)C)c1. The molecule has 2 nitrogen and oxygen atoms in total. The number of aromatic carboxylic acids is 1. The van der Waals surface area contributed by atoms with Gasteiger partial charge in [0.05, 0.1) is 5.56 Å². The van der Waals surface area contributed by atoms with E-state index in [4.69, 9.17) is 0 Å². The van der Waals surface area contributed by atoms with E-state index in [-0.39, 0.29) is 5.41 Å². The minimum absolute atomic E-state index is 0.0308. The lowest BCUT2D eigenvalue weighted by molar-refractivity contribution is 0.0696. The van der Waals surface area contributed by atoms with Crippen LogP contribution in [0.1, 0.15) is 68.9 Å². The Bertz CT molecular complexity index is 439. The van der Waals surface area contributed by atoms with Gasteiger partial charge >= 0.3 is 5.97 Å². The van der Waals surface area contributed by atoms with Crippen LogP contribution in [0.4, 0.5) is 0 Å². The topological polar surface area (TPSA) is 37.3 Å². The molecule has 0 radical (unpaired) electrons. The van der Waals surface area contributed by atoms with Crippen molar-refractivity contribution in [2.45, 2.75) is 52.9 Å². The second kappa shape index (κ2) is 5.13. The predicted molar refractivity (Wildman–Crippen MR) is 75.4 cm³/mol. The molecule has 1 aromatic rings. The summed E-state index contributed by atoms with van der Waals surface area (Å²) in [6.45, 7) is 12.8. The first-order valence-corrected chi connectivity index (χ1v) is 6.51. The summed E-state index contributed by atoms with van der Waals surface area (Å²) in [5, 5.41) is 9.22. The highest BCUT2D eigenvalue weighted by molar-refractivity contribution is 5.88. The first-order valence-electron chi connectivity index (χ1n) is 6.51. The van der Waals surface area contributed by atoms with E-state index in [9.17, 15) is 9.90 Å². The van der Waals surface area contributed by atoms with Gasteiger partial charge in [0.15, 0.2) is 0 Å². The zero-order chi connectivity index (χ0) is 14.1. The molecular formula is C16H24O2. The zero-order valence-corrected chi connectivity index (χ0v) is 12.2. The Balaban J connectivity index is 3.36. The van der Waals surface area contributed by atoms with Crippen molar-refractivity contribution in [2.75, 3.05) is 0 Å². The van der Waals surface area contributed by atoms with Crippen LogP contribution in [0.15, 0.2) is 18.2 Å². The van der Waals surface area contributed by atoms with E-state index in [1.165, 1.54) is 0 Å². The number of carboxylic acids is 1.